The van der Waals surface area contributed by atoms with Crippen molar-refractivity contribution in [1.82, 2.24) is 20.1 Å². The fourth-order valence-corrected chi connectivity index (χ4v) is 2.20. The highest BCUT2D eigenvalue weighted by Crippen LogP contribution is 2.12. The first kappa shape index (κ1) is 11.8. The van der Waals surface area contributed by atoms with Gasteiger partial charge >= 0.3 is 0 Å². The van der Waals surface area contributed by atoms with Crippen LogP contribution in [0.4, 0.5) is 0 Å². The van der Waals surface area contributed by atoms with Crippen LogP contribution in [0.15, 0.2) is 11.6 Å². The Morgan fingerprint density at radius 1 is 1.53 bits per heavy atom. The van der Waals surface area contributed by atoms with E-state index in [4.69, 9.17) is 0 Å². The molecule has 90 valence electrons. The van der Waals surface area contributed by atoms with Crippen LogP contribution in [0.1, 0.15) is 26.8 Å². The summed E-state index contributed by atoms with van der Waals surface area (Å²) in [7, 11) is 1.90. The van der Waals surface area contributed by atoms with Crippen LogP contribution < -0.4 is 5.32 Å². The van der Waals surface area contributed by atoms with Gasteiger partial charge < -0.3 is 5.32 Å². The van der Waals surface area contributed by atoms with E-state index in [2.05, 4.69) is 15.4 Å². The van der Waals surface area contributed by atoms with Gasteiger partial charge in [-0.2, -0.15) is 5.10 Å². The van der Waals surface area contributed by atoms with E-state index in [0.29, 0.717) is 11.6 Å². The predicted octanol–water partition coefficient (Wildman–Crippen LogP) is 1.42. The normalized spacial score (nSPS) is 10.5. The fraction of sp³-hybridized carbons (Fsp3) is 0.364. The van der Waals surface area contributed by atoms with Gasteiger partial charge in [0.1, 0.15) is 0 Å². The summed E-state index contributed by atoms with van der Waals surface area (Å²) in [5.41, 5.74) is 3.09. The van der Waals surface area contributed by atoms with Crippen LogP contribution in [0, 0.1) is 13.8 Å². The molecule has 0 bridgehead atoms. The number of hydrogen-bond donors (Lipinski definition) is 1. The lowest BCUT2D eigenvalue weighted by molar-refractivity contribution is 0.0950. The number of thiazole rings is 1. The van der Waals surface area contributed by atoms with Gasteiger partial charge in [0.2, 0.25) is 0 Å². The second-order valence-electron chi connectivity index (χ2n) is 3.79. The molecule has 2 aromatic rings. The topological polar surface area (TPSA) is 59.8 Å². The van der Waals surface area contributed by atoms with Crippen LogP contribution >= 0.6 is 11.3 Å². The lowest BCUT2D eigenvalue weighted by atomic mass is 10.2. The molecule has 0 aliphatic carbocycles. The van der Waals surface area contributed by atoms with Crippen LogP contribution in [-0.2, 0) is 13.6 Å². The second kappa shape index (κ2) is 4.67. The van der Waals surface area contributed by atoms with Crippen molar-refractivity contribution < 1.29 is 4.79 Å². The number of carbonyl (C=O) groups is 1. The van der Waals surface area contributed by atoms with Gasteiger partial charge in [-0.05, 0) is 13.8 Å². The largest absolute Gasteiger partial charge is 0.346 e. The summed E-state index contributed by atoms with van der Waals surface area (Å²) in [5.74, 6) is -0.136. The number of nitrogens with one attached hydrogen (secondary N) is 1. The molecule has 0 aliphatic rings. The molecule has 0 saturated carbocycles. The number of hydrogen-bond acceptors (Lipinski definition) is 4. The molecular formula is C11H14N4OS. The number of rotatable bonds is 3. The zero-order valence-corrected chi connectivity index (χ0v) is 10.8. The predicted molar refractivity (Wildman–Crippen MR) is 66.0 cm³/mol. The molecule has 1 amide bonds. The molecule has 0 radical (unpaired) electrons. The van der Waals surface area contributed by atoms with Gasteiger partial charge in [-0.3, -0.25) is 9.48 Å². The lowest BCUT2D eigenvalue weighted by Crippen LogP contribution is -2.23. The van der Waals surface area contributed by atoms with Crippen molar-refractivity contribution in [1.29, 1.82) is 0 Å². The average molecular weight is 250 g/mol. The molecule has 2 aromatic heterocycles. The van der Waals surface area contributed by atoms with Crippen LogP contribution in [-0.4, -0.2) is 20.7 Å². The molecule has 0 unspecified atom stereocenters. The Kier molecular flexibility index (Phi) is 3.23. The Balaban J connectivity index is 2.05. The first-order valence-electron chi connectivity index (χ1n) is 5.26. The summed E-state index contributed by atoms with van der Waals surface area (Å²) >= 11 is 1.34. The van der Waals surface area contributed by atoms with E-state index in [-0.39, 0.29) is 5.91 Å². The van der Waals surface area contributed by atoms with Gasteiger partial charge in [0.15, 0.2) is 5.01 Å². The average Bonchev–Trinajstić information content (AvgIpc) is 2.88. The zero-order chi connectivity index (χ0) is 12.4. The van der Waals surface area contributed by atoms with Gasteiger partial charge in [-0.1, -0.05) is 0 Å². The van der Waals surface area contributed by atoms with Crippen molar-refractivity contribution in [2.45, 2.75) is 20.4 Å². The highest BCUT2D eigenvalue weighted by Gasteiger charge is 2.12. The minimum Gasteiger partial charge on any atom is -0.346 e. The summed E-state index contributed by atoms with van der Waals surface area (Å²) in [6.45, 7) is 4.42. The molecule has 0 saturated heterocycles. The Labute approximate surface area is 103 Å². The van der Waals surface area contributed by atoms with Crippen molar-refractivity contribution in [3.05, 3.63) is 33.5 Å². The first-order valence-corrected chi connectivity index (χ1v) is 6.14. The van der Waals surface area contributed by atoms with Gasteiger partial charge in [0.25, 0.3) is 5.91 Å². The minimum atomic E-state index is -0.136. The maximum Gasteiger partial charge on any atom is 0.280 e. The number of nitrogens with zero attached hydrogens (tertiary/aromatic N) is 3. The van der Waals surface area contributed by atoms with Crippen LogP contribution in [0.25, 0.3) is 0 Å². The molecule has 2 heterocycles. The van der Waals surface area contributed by atoms with Gasteiger partial charge in [0, 0.05) is 36.4 Å². The Morgan fingerprint density at radius 2 is 2.29 bits per heavy atom. The number of aryl methyl sites for hydroxylation is 2. The zero-order valence-electron chi connectivity index (χ0n) is 10.0. The molecular weight excluding hydrogens is 236 g/mol. The third-order valence-electron chi connectivity index (χ3n) is 2.71. The highest BCUT2D eigenvalue weighted by molar-refractivity contribution is 7.11. The van der Waals surface area contributed by atoms with Crippen molar-refractivity contribution in [2.24, 2.45) is 7.05 Å². The Hall–Kier alpha value is -1.69. The molecule has 0 aromatic carbocycles. The molecule has 0 spiro atoms. The van der Waals surface area contributed by atoms with Gasteiger partial charge in [0.05, 0.1) is 5.69 Å². The maximum absolute atomic E-state index is 11.7. The van der Waals surface area contributed by atoms with Crippen molar-refractivity contribution in [3.8, 4) is 0 Å². The van der Waals surface area contributed by atoms with Crippen LogP contribution in [0.2, 0.25) is 0 Å². The van der Waals surface area contributed by atoms with Crippen molar-refractivity contribution >= 4 is 17.2 Å². The number of amides is 1. The van der Waals surface area contributed by atoms with Crippen molar-refractivity contribution in [2.75, 3.05) is 0 Å². The maximum atomic E-state index is 11.7. The second-order valence-corrected chi connectivity index (χ2v) is 4.69. The molecule has 2 rings (SSSR count). The number of carbonyl (C=O) groups excluding carboxylic acids is 1. The van der Waals surface area contributed by atoms with E-state index in [1.54, 1.807) is 11.6 Å². The molecule has 0 aliphatic heterocycles. The fourth-order valence-electron chi connectivity index (χ4n) is 1.65. The van der Waals surface area contributed by atoms with Gasteiger partial charge in [-0.15, -0.1) is 11.3 Å². The molecule has 0 fully saturated rings. The third-order valence-corrected chi connectivity index (χ3v) is 3.48. The highest BCUT2D eigenvalue weighted by atomic mass is 32.1. The smallest absolute Gasteiger partial charge is 0.280 e. The van der Waals surface area contributed by atoms with E-state index >= 15 is 0 Å². The molecule has 1 N–H and O–H groups in total. The third kappa shape index (κ3) is 2.36. The summed E-state index contributed by atoms with van der Waals surface area (Å²) in [4.78, 5) is 15.7. The lowest BCUT2D eigenvalue weighted by Gasteiger charge is -2.03. The Morgan fingerprint density at radius 3 is 2.82 bits per heavy atom. The SMILES string of the molecule is Cc1nn(C)c(C)c1CNC(=O)c1nccs1. The number of aromatic nitrogens is 3. The molecule has 6 heteroatoms. The van der Waals surface area contributed by atoms with E-state index in [1.807, 2.05) is 25.6 Å². The summed E-state index contributed by atoms with van der Waals surface area (Å²) in [6.07, 6.45) is 1.63. The van der Waals surface area contributed by atoms with E-state index in [0.717, 1.165) is 17.0 Å². The van der Waals surface area contributed by atoms with Crippen LogP contribution in [0.5, 0.6) is 0 Å². The summed E-state index contributed by atoms with van der Waals surface area (Å²) in [5, 5.41) is 9.43. The first-order chi connectivity index (χ1) is 8.09. The van der Waals surface area contributed by atoms with E-state index < -0.39 is 0 Å². The standard InChI is InChI=1S/C11H14N4OS/c1-7-9(8(2)15(3)14-7)6-13-10(16)11-12-4-5-17-11/h4-5H,6H2,1-3H3,(H,13,16). The monoisotopic (exact) mass is 250 g/mol. The van der Waals surface area contributed by atoms with E-state index in [1.165, 1.54) is 11.3 Å². The van der Waals surface area contributed by atoms with Crippen LogP contribution in [0.3, 0.4) is 0 Å². The summed E-state index contributed by atoms with van der Waals surface area (Å²) in [6, 6.07) is 0. The molecule has 0 atom stereocenters. The quantitative estimate of drug-likeness (QED) is 0.896. The Bertz CT molecular complexity index is 530. The van der Waals surface area contributed by atoms with Gasteiger partial charge in [-0.25, -0.2) is 4.98 Å². The summed E-state index contributed by atoms with van der Waals surface area (Å²) < 4.78 is 1.82. The minimum absolute atomic E-state index is 0.136. The molecule has 17 heavy (non-hydrogen) atoms. The molecule has 5 nitrogen and oxygen atoms in total. The van der Waals surface area contributed by atoms with E-state index in [9.17, 15) is 4.79 Å². The van der Waals surface area contributed by atoms with Crippen molar-refractivity contribution in [3.63, 3.8) is 0 Å².